The topological polar surface area (TPSA) is 82.5 Å². The molecule has 6 nitrogen and oxygen atoms in total. The molecule has 0 saturated carbocycles. The third-order valence-electron chi connectivity index (χ3n) is 3.83. The molecule has 0 amide bonds. The second-order valence-electron chi connectivity index (χ2n) is 5.61. The quantitative estimate of drug-likeness (QED) is 0.305. The molecular weight excluding hydrogens is 364 g/mol. The van der Waals surface area contributed by atoms with Crippen LogP contribution in [0.25, 0.3) is 11.0 Å². The van der Waals surface area contributed by atoms with Gasteiger partial charge in [-0.1, -0.05) is 36.4 Å². The molecule has 2 N–H and O–H groups in total. The molecule has 0 aliphatic heterocycles. The molecule has 7 heteroatoms. The van der Waals surface area contributed by atoms with Crippen molar-refractivity contribution in [2.45, 2.75) is 0 Å². The fourth-order valence-corrected chi connectivity index (χ4v) is 2.60. The van der Waals surface area contributed by atoms with Crippen molar-refractivity contribution in [1.82, 2.24) is 9.55 Å². The second-order valence-corrected chi connectivity index (χ2v) is 5.97. The average Bonchev–Trinajstić information content (AvgIpc) is 3.03. The number of para-hydroxylation sites is 2. The summed E-state index contributed by atoms with van der Waals surface area (Å²) in [5.74, 6) is 0.564. The summed E-state index contributed by atoms with van der Waals surface area (Å²) in [4.78, 5) is 21.1. The van der Waals surface area contributed by atoms with Crippen LogP contribution >= 0.6 is 11.6 Å². The van der Waals surface area contributed by atoms with E-state index in [4.69, 9.17) is 22.1 Å². The number of allylic oxidation sites excluding steroid dienone is 1. The van der Waals surface area contributed by atoms with Gasteiger partial charge in [-0.15, -0.1) is 0 Å². The van der Waals surface area contributed by atoms with E-state index in [-0.39, 0.29) is 16.8 Å². The van der Waals surface area contributed by atoms with Crippen LogP contribution in [0.4, 0.5) is 0 Å². The third-order valence-corrected chi connectivity index (χ3v) is 4.12. The SMILES string of the molecule is C=CC=N/C(Cl)=C(\N)Oc1ccc(C(=O)c2nc3ccccc3n2C)cc1. The minimum absolute atomic E-state index is 0.00903. The van der Waals surface area contributed by atoms with Crippen molar-refractivity contribution in [1.29, 1.82) is 0 Å². The first-order chi connectivity index (χ1) is 13.0. The van der Waals surface area contributed by atoms with Crippen LogP contribution in [0.2, 0.25) is 0 Å². The lowest BCUT2D eigenvalue weighted by molar-refractivity contribution is 0.102. The van der Waals surface area contributed by atoms with E-state index >= 15 is 0 Å². The summed E-state index contributed by atoms with van der Waals surface area (Å²) in [6, 6.07) is 14.1. The van der Waals surface area contributed by atoms with Crippen LogP contribution in [0.3, 0.4) is 0 Å². The number of carbonyl (C=O) groups is 1. The second kappa shape index (κ2) is 7.88. The lowest BCUT2D eigenvalue weighted by atomic mass is 10.1. The van der Waals surface area contributed by atoms with Crippen LogP contribution in [0.5, 0.6) is 5.75 Å². The molecule has 0 spiro atoms. The first-order valence-corrected chi connectivity index (χ1v) is 8.43. The molecule has 1 aromatic heterocycles. The fraction of sp³-hybridized carbons (Fsp3) is 0.0500. The Morgan fingerprint density at radius 1 is 1.26 bits per heavy atom. The molecule has 0 saturated heterocycles. The standard InChI is InChI=1S/C20H17ClN4O2/c1-3-12-23-18(21)19(22)27-14-10-8-13(9-11-14)17(26)20-24-15-6-4-5-7-16(15)25(20)2/h3-12H,1,22H2,2H3/b19-18+,23-12?. The maximum absolute atomic E-state index is 12.8. The molecule has 1 heterocycles. The summed E-state index contributed by atoms with van der Waals surface area (Å²) in [6.07, 6.45) is 2.87. The van der Waals surface area contributed by atoms with Gasteiger partial charge in [0.2, 0.25) is 11.7 Å². The highest BCUT2D eigenvalue weighted by atomic mass is 35.5. The highest BCUT2D eigenvalue weighted by Crippen LogP contribution is 2.20. The minimum Gasteiger partial charge on any atom is -0.438 e. The summed E-state index contributed by atoms with van der Waals surface area (Å²) in [6.45, 7) is 3.50. The van der Waals surface area contributed by atoms with Crippen molar-refractivity contribution in [2.75, 3.05) is 0 Å². The van der Waals surface area contributed by atoms with Gasteiger partial charge in [-0.05, 0) is 36.4 Å². The van der Waals surface area contributed by atoms with E-state index in [9.17, 15) is 4.79 Å². The number of rotatable bonds is 6. The van der Waals surface area contributed by atoms with Gasteiger partial charge in [-0.3, -0.25) is 4.79 Å². The molecule has 0 aliphatic rings. The third kappa shape index (κ3) is 3.91. The Kier molecular flexibility index (Phi) is 5.38. The van der Waals surface area contributed by atoms with Gasteiger partial charge in [0.25, 0.3) is 0 Å². The van der Waals surface area contributed by atoms with Crippen molar-refractivity contribution < 1.29 is 9.53 Å². The average molecular weight is 381 g/mol. The van der Waals surface area contributed by atoms with Gasteiger partial charge in [0.15, 0.2) is 11.0 Å². The molecule has 0 atom stereocenters. The van der Waals surface area contributed by atoms with Crippen LogP contribution in [0.15, 0.2) is 77.2 Å². The molecular formula is C20H17ClN4O2. The number of ketones is 1. The summed E-state index contributed by atoms with van der Waals surface area (Å²) in [5, 5.41) is 0.00903. The van der Waals surface area contributed by atoms with Gasteiger partial charge in [0.1, 0.15) is 5.75 Å². The van der Waals surface area contributed by atoms with E-state index in [1.54, 1.807) is 28.8 Å². The van der Waals surface area contributed by atoms with Crippen molar-refractivity contribution in [3.05, 3.63) is 83.6 Å². The molecule has 0 aliphatic carbocycles. The Morgan fingerprint density at radius 2 is 1.96 bits per heavy atom. The number of nitrogens with zero attached hydrogens (tertiary/aromatic N) is 3. The van der Waals surface area contributed by atoms with Gasteiger partial charge in [-0.25, -0.2) is 9.98 Å². The van der Waals surface area contributed by atoms with E-state index in [0.29, 0.717) is 17.1 Å². The maximum Gasteiger partial charge on any atom is 0.228 e. The number of ether oxygens (including phenoxy) is 1. The predicted octanol–water partition coefficient (Wildman–Crippen LogP) is 3.76. The van der Waals surface area contributed by atoms with Gasteiger partial charge in [0, 0.05) is 18.8 Å². The van der Waals surface area contributed by atoms with Crippen molar-refractivity contribution in [2.24, 2.45) is 17.8 Å². The largest absolute Gasteiger partial charge is 0.438 e. The number of hydrogen-bond acceptors (Lipinski definition) is 5. The summed E-state index contributed by atoms with van der Waals surface area (Å²) in [7, 11) is 1.82. The molecule has 0 radical (unpaired) electrons. The maximum atomic E-state index is 12.8. The van der Waals surface area contributed by atoms with E-state index < -0.39 is 0 Å². The Labute approximate surface area is 161 Å². The molecule has 2 aromatic carbocycles. The van der Waals surface area contributed by atoms with Crippen molar-refractivity contribution in [3.8, 4) is 5.75 Å². The van der Waals surface area contributed by atoms with Crippen molar-refractivity contribution >= 4 is 34.6 Å². The number of aromatic nitrogens is 2. The van der Waals surface area contributed by atoms with E-state index in [2.05, 4.69) is 16.6 Å². The number of halogens is 1. The Balaban J connectivity index is 1.82. The minimum atomic E-state index is -0.183. The summed E-state index contributed by atoms with van der Waals surface area (Å²) < 4.78 is 7.21. The lowest BCUT2D eigenvalue weighted by Gasteiger charge is -2.07. The van der Waals surface area contributed by atoms with Gasteiger partial charge >= 0.3 is 0 Å². The number of benzene rings is 2. The van der Waals surface area contributed by atoms with Crippen molar-refractivity contribution in [3.63, 3.8) is 0 Å². The zero-order valence-corrected chi connectivity index (χ0v) is 15.3. The molecule has 0 fully saturated rings. The number of aliphatic imine (C=N–C) groups is 1. The van der Waals surface area contributed by atoms with Crippen LogP contribution < -0.4 is 10.5 Å². The van der Waals surface area contributed by atoms with Crippen LogP contribution in [0.1, 0.15) is 16.2 Å². The van der Waals surface area contributed by atoms with Crippen LogP contribution in [0, 0.1) is 0 Å². The Bertz CT molecular complexity index is 1070. The number of imidazole rings is 1. The van der Waals surface area contributed by atoms with Crippen LogP contribution in [-0.2, 0) is 7.05 Å². The molecule has 3 rings (SSSR count). The van der Waals surface area contributed by atoms with Gasteiger partial charge in [0.05, 0.1) is 11.0 Å². The summed E-state index contributed by atoms with van der Waals surface area (Å²) >= 11 is 5.90. The molecule has 0 bridgehead atoms. The lowest BCUT2D eigenvalue weighted by Crippen LogP contribution is -2.10. The molecule has 136 valence electrons. The first kappa shape index (κ1) is 18.4. The summed E-state index contributed by atoms with van der Waals surface area (Å²) in [5.41, 5.74) is 7.89. The Hall–Kier alpha value is -3.38. The Morgan fingerprint density at radius 3 is 2.63 bits per heavy atom. The smallest absolute Gasteiger partial charge is 0.228 e. The van der Waals surface area contributed by atoms with E-state index in [1.807, 2.05) is 31.3 Å². The first-order valence-electron chi connectivity index (χ1n) is 8.05. The van der Waals surface area contributed by atoms with Crippen LogP contribution in [-0.4, -0.2) is 21.5 Å². The number of hydrogen-bond donors (Lipinski definition) is 1. The number of carbonyl (C=O) groups excluding carboxylic acids is 1. The van der Waals surface area contributed by atoms with E-state index in [1.165, 1.54) is 12.3 Å². The zero-order valence-electron chi connectivity index (χ0n) is 14.6. The molecule has 3 aromatic rings. The van der Waals surface area contributed by atoms with Gasteiger partial charge < -0.3 is 15.0 Å². The predicted molar refractivity (Wildman–Crippen MR) is 107 cm³/mol. The molecule has 0 unspecified atom stereocenters. The highest BCUT2D eigenvalue weighted by molar-refractivity contribution is 6.30. The zero-order chi connectivity index (χ0) is 19.4. The normalized spacial score (nSPS) is 12.2. The molecule has 27 heavy (non-hydrogen) atoms. The monoisotopic (exact) mass is 380 g/mol. The number of fused-ring (bicyclic) bond motifs is 1. The fourth-order valence-electron chi connectivity index (χ4n) is 2.50. The number of nitrogens with two attached hydrogens (primary N) is 1. The highest BCUT2D eigenvalue weighted by Gasteiger charge is 2.17. The van der Waals surface area contributed by atoms with Gasteiger partial charge in [-0.2, -0.15) is 0 Å². The van der Waals surface area contributed by atoms with E-state index in [0.717, 1.165) is 11.0 Å². The number of aryl methyl sites for hydroxylation is 1.